The van der Waals surface area contributed by atoms with E-state index in [2.05, 4.69) is 15.9 Å². The summed E-state index contributed by atoms with van der Waals surface area (Å²) in [4.78, 5) is 11.9. The summed E-state index contributed by atoms with van der Waals surface area (Å²) in [7, 11) is 0. The summed E-state index contributed by atoms with van der Waals surface area (Å²) in [5.74, 6) is 0.125. The molecule has 0 heterocycles. The van der Waals surface area contributed by atoms with Gasteiger partial charge in [0.25, 0.3) is 0 Å². The van der Waals surface area contributed by atoms with E-state index in [1.807, 2.05) is 37.3 Å². The molecular formula is C13H10BrClO. The molecule has 0 spiro atoms. The minimum absolute atomic E-state index is 0.125. The number of benzene rings is 2. The first-order valence-corrected chi connectivity index (χ1v) is 6.22. The van der Waals surface area contributed by atoms with Crippen molar-refractivity contribution in [1.82, 2.24) is 0 Å². The van der Waals surface area contributed by atoms with Crippen molar-refractivity contribution in [1.29, 1.82) is 0 Å². The van der Waals surface area contributed by atoms with Gasteiger partial charge in [0.15, 0.2) is 5.78 Å². The molecular weight excluding hydrogens is 287 g/mol. The Balaban J connectivity index is 2.85. The molecule has 0 saturated heterocycles. The summed E-state index contributed by atoms with van der Waals surface area (Å²) in [6.07, 6.45) is 0.490. The van der Waals surface area contributed by atoms with Gasteiger partial charge >= 0.3 is 0 Å². The first kappa shape index (κ1) is 11.6. The standard InChI is InChI=1S/C13H10BrClO/c1-2-12(16)13-9-4-3-5-11(15)8(9)6-7-10(13)14/h3-7H,2H2,1H3. The van der Waals surface area contributed by atoms with E-state index in [-0.39, 0.29) is 5.78 Å². The van der Waals surface area contributed by atoms with Crippen molar-refractivity contribution < 1.29 is 4.79 Å². The van der Waals surface area contributed by atoms with E-state index in [1.165, 1.54) is 0 Å². The van der Waals surface area contributed by atoms with Crippen molar-refractivity contribution in [2.45, 2.75) is 13.3 Å². The largest absolute Gasteiger partial charge is 0.294 e. The monoisotopic (exact) mass is 296 g/mol. The zero-order chi connectivity index (χ0) is 11.7. The van der Waals surface area contributed by atoms with Crippen molar-refractivity contribution in [3.8, 4) is 0 Å². The molecule has 0 N–H and O–H groups in total. The first-order chi connectivity index (χ1) is 7.65. The third-order valence-electron chi connectivity index (χ3n) is 2.56. The lowest BCUT2D eigenvalue weighted by molar-refractivity contribution is 0.0989. The molecule has 0 aliphatic rings. The van der Waals surface area contributed by atoms with E-state index in [0.717, 1.165) is 20.8 Å². The topological polar surface area (TPSA) is 17.1 Å². The van der Waals surface area contributed by atoms with Crippen LogP contribution in [0.4, 0.5) is 0 Å². The van der Waals surface area contributed by atoms with Crippen molar-refractivity contribution in [3.05, 3.63) is 45.4 Å². The van der Waals surface area contributed by atoms with Gasteiger partial charge in [-0.2, -0.15) is 0 Å². The molecule has 0 amide bonds. The normalized spacial score (nSPS) is 10.7. The molecule has 1 nitrogen and oxygen atoms in total. The van der Waals surface area contributed by atoms with Crippen LogP contribution in [0.1, 0.15) is 23.7 Å². The fraction of sp³-hybridized carbons (Fsp3) is 0.154. The Morgan fingerprint density at radius 1 is 1.25 bits per heavy atom. The average Bonchev–Trinajstić information content (AvgIpc) is 2.28. The number of fused-ring (bicyclic) bond motifs is 1. The van der Waals surface area contributed by atoms with E-state index in [0.29, 0.717) is 11.4 Å². The van der Waals surface area contributed by atoms with Crippen molar-refractivity contribution in [3.63, 3.8) is 0 Å². The van der Waals surface area contributed by atoms with Gasteiger partial charge in [0.2, 0.25) is 0 Å². The molecule has 0 saturated carbocycles. The molecule has 2 aromatic carbocycles. The highest BCUT2D eigenvalue weighted by molar-refractivity contribution is 9.10. The van der Waals surface area contributed by atoms with Crippen LogP contribution in [0.3, 0.4) is 0 Å². The second-order valence-electron chi connectivity index (χ2n) is 3.53. The Morgan fingerprint density at radius 3 is 2.69 bits per heavy atom. The molecule has 3 heteroatoms. The fourth-order valence-electron chi connectivity index (χ4n) is 1.75. The molecule has 16 heavy (non-hydrogen) atoms. The summed E-state index contributed by atoms with van der Waals surface area (Å²) >= 11 is 9.52. The van der Waals surface area contributed by atoms with Crippen LogP contribution in [0.25, 0.3) is 10.8 Å². The molecule has 0 aromatic heterocycles. The zero-order valence-electron chi connectivity index (χ0n) is 8.76. The Kier molecular flexibility index (Phi) is 3.31. The van der Waals surface area contributed by atoms with Gasteiger partial charge in [0.1, 0.15) is 0 Å². The van der Waals surface area contributed by atoms with Gasteiger partial charge in [-0.05, 0) is 17.5 Å². The molecule has 2 aromatic rings. The van der Waals surface area contributed by atoms with Crippen LogP contribution in [0.2, 0.25) is 5.02 Å². The Morgan fingerprint density at radius 2 is 2.00 bits per heavy atom. The molecule has 0 radical (unpaired) electrons. The summed E-state index contributed by atoms with van der Waals surface area (Å²) in [6, 6.07) is 9.42. The predicted molar refractivity (Wildman–Crippen MR) is 71.3 cm³/mol. The zero-order valence-corrected chi connectivity index (χ0v) is 11.1. The van der Waals surface area contributed by atoms with Gasteiger partial charge in [0.05, 0.1) is 0 Å². The SMILES string of the molecule is CCC(=O)c1c(Br)ccc2c(Cl)cccc12. The number of halogens is 2. The third kappa shape index (κ3) is 1.87. The lowest BCUT2D eigenvalue weighted by Gasteiger charge is -2.08. The van der Waals surface area contributed by atoms with Crippen LogP contribution >= 0.6 is 27.5 Å². The van der Waals surface area contributed by atoms with Crippen LogP contribution < -0.4 is 0 Å². The van der Waals surface area contributed by atoms with Gasteiger partial charge in [-0.3, -0.25) is 4.79 Å². The van der Waals surface area contributed by atoms with Crippen LogP contribution in [0.15, 0.2) is 34.8 Å². The second-order valence-corrected chi connectivity index (χ2v) is 4.80. The second kappa shape index (κ2) is 4.56. The lowest BCUT2D eigenvalue weighted by atomic mass is 10.0. The smallest absolute Gasteiger partial charge is 0.164 e. The Bertz CT molecular complexity index is 563. The van der Waals surface area contributed by atoms with E-state index in [1.54, 1.807) is 0 Å². The predicted octanol–water partition coefficient (Wildman–Crippen LogP) is 4.85. The summed E-state index contributed by atoms with van der Waals surface area (Å²) in [6.45, 7) is 1.86. The Hall–Kier alpha value is -0.860. The first-order valence-electron chi connectivity index (χ1n) is 5.05. The number of hydrogen-bond acceptors (Lipinski definition) is 1. The quantitative estimate of drug-likeness (QED) is 0.724. The number of hydrogen-bond donors (Lipinski definition) is 0. The Labute approximate surface area is 108 Å². The molecule has 82 valence electrons. The highest BCUT2D eigenvalue weighted by Crippen LogP contribution is 2.31. The maximum atomic E-state index is 11.9. The molecule has 0 unspecified atom stereocenters. The van der Waals surface area contributed by atoms with Crippen LogP contribution in [-0.2, 0) is 0 Å². The minimum Gasteiger partial charge on any atom is -0.294 e. The maximum absolute atomic E-state index is 11.9. The summed E-state index contributed by atoms with van der Waals surface area (Å²) in [5, 5.41) is 2.51. The van der Waals surface area contributed by atoms with Crippen molar-refractivity contribution in [2.75, 3.05) is 0 Å². The van der Waals surface area contributed by atoms with E-state index in [9.17, 15) is 4.79 Å². The fourth-order valence-corrected chi connectivity index (χ4v) is 2.56. The van der Waals surface area contributed by atoms with Crippen LogP contribution in [0.5, 0.6) is 0 Å². The van der Waals surface area contributed by atoms with Crippen molar-refractivity contribution >= 4 is 44.1 Å². The van der Waals surface area contributed by atoms with Crippen LogP contribution in [-0.4, -0.2) is 5.78 Å². The molecule has 0 aliphatic heterocycles. The number of rotatable bonds is 2. The molecule has 0 fully saturated rings. The van der Waals surface area contributed by atoms with E-state index in [4.69, 9.17) is 11.6 Å². The maximum Gasteiger partial charge on any atom is 0.164 e. The number of carbonyl (C=O) groups is 1. The van der Waals surface area contributed by atoms with Crippen LogP contribution in [0, 0.1) is 0 Å². The molecule has 0 bridgehead atoms. The van der Waals surface area contributed by atoms with E-state index < -0.39 is 0 Å². The van der Waals surface area contributed by atoms with Gasteiger partial charge in [0, 0.05) is 26.9 Å². The van der Waals surface area contributed by atoms with Gasteiger partial charge in [-0.15, -0.1) is 0 Å². The highest BCUT2D eigenvalue weighted by atomic mass is 79.9. The van der Waals surface area contributed by atoms with E-state index >= 15 is 0 Å². The van der Waals surface area contributed by atoms with Crippen molar-refractivity contribution in [2.24, 2.45) is 0 Å². The lowest BCUT2D eigenvalue weighted by Crippen LogP contribution is -1.99. The van der Waals surface area contributed by atoms with Gasteiger partial charge in [-0.25, -0.2) is 0 Å². The number of carbonyl (C=O) groups excluding carboxylic acids is 1. The third-order valence-corrected chi connectivity index (χ3v) is 3.55. The minimum atomic E-state index is 0.125. The molecule has 0 aliphatic carbocycles. The average molecular weight is 298 g/mol. The number of Topliss-reactive ketones (excluding diaryl/α,β-unsaturated/α-hetero) is 1. The number of ketones is 1. The molecule has 2 rings (SSSR count). The van der Waals surface area contributed by atoms with Gasteiger partial charge < -0.3 is 0 Å². The van der Waals surface area contributed by atoms with Gasteiger partial charge in [-0.1, -0.05) is 52.7 Å². The summed E-state index contributed by atoms with van der Waals surface area (Å²) in [5.41, 5.74) is 0.725. The highest BCUT2D eigenvalue weighted by Gasteiger charge is 2.13. The molecule has 0 atom stereocenters. The summed E-state index contributed by atoms with van der Waals surface area (Å²) < 4.78 is 0.828.